The maximum Gasteiger partial charge on any atom is 0.307 e. The predicted octanol–water partition coefficient (Wildman–Crippen LogP) is 3.55. The van der Waals surface area contributed by atoms with Gasteiger partial charge in [0, 0.05) is 49.8 Å². The summed E-state index contributed by atoms with van der Waals surface area (Å²) in [5.41, 5.74) is 4.00. The number of hydrogen-bond donors (Lipinski definition) is 2. The minimum atomic E-state index is -0.803. The van der Waals surface area contributed by atoms with Crippen LogP contribution in [-0.4, -0.2) is 52.2 Å². The number of hydrogen-bond acceptors (Lipinski definition) is 5. The number of nitrogens with zero attached hydrogens (tertiary/aromatic N) is 4. The van der Waals surface area contributed by atoms with E-state index in [1.54, 1.807) is 0 Å². The van der Waals surface area contributed by atoms with Gasteiger partial charge in [0.15, 0.2) is 0 Å². The van der Waals surface area contributed by atoms with Crippen molar-refractivity contribution in [2.75, 3.05) is 36.0 Å². The maximum absolute atomic E-state index is 10.8. The van der Waals surface area contributed by atoms with Crippen LogP contribution in [0.2, 0.25) is 0 Å². The average Bonchev–Trinajstić information content (AvgIpc) is 3.25. The lowest BCUT2D eigenvalue weighted by Crippen LogP contribution is -2.46. The normalized spacial score (nSPS) is 14.4. The Morgan fingerprint density at radius 1 is 1.07 bits per heavy atom. The fraction of sp³-hybridized carbons (Fsp3) is 0.348. The molecule has 0 radical (unpaired) electrons. The van der Waals surface area contributed by atoms with Gasteiger partial charge in [0.25, 0.3) is 0 Å². The van der Waals surface area contributed by atoms with Crippen molar-refractivity contribution >= 4 is 17.5 Å². The number of carboxylic acid groups (broad SMARTS) is 1. The number of rotatable bonds is 6. The molecule has 3 aromatic rings. The van der Waals surface area contributed by atoms with Gasteiger partial charge in [-0.2, -0.15) is 0 Å². The van der Waals surface area contributed by atoms with Gasteiger partial charge < -0.3 is 19.9 Å². The van der Waals surface area contributed by atoms with Gasteiger partial charge in [0.05, 0.1) is 12.1 Å². The van der Waals surface area contributed by atoms with E-state index in [2.05, 4.69) is 50.7 Å². The van der Waals surface area contributed by atoms with E-state index < -0.39 is 5.97 Å². The van der Waals surface area contributed by atoms with Crippen molar-refractivity contribution in [3.05, 3.63) is 60.0 Å². The van der Waals surface area contributed by atoms with Crippen LogP contribution in [0.3, 0.4) is 0 Å². The highest BCUT2D eigenvalue weighted by Gasteiger charge is 2.19. The Labute approximate surface area is 176 Å². The summed E-state index contributed by atoms with van der Waals surface area (Å²) in [7, 11) is 0. The van der Waals surface area contributed by atoms with Crippen molar-refractivity contribution in [3.8, 4) is 11.4 Å². The van der Waals surface area contributed by atoms with E-state index >= 15 is 0 Å². The second-order valence-electron chi connectivity index (χ2n) is 7.94. The molecule has 30 heavy (non-hydrogen) atoms. The Bertz CT molecular complexity index is 987. The molecule has 0 saturated carbocycles. The van der Waals surface area contributed by atoms with Crippen LogP contribution in [0.4, 0.5) is 11.5 Å². The molecular formula is C23H27N5O2. The molecule has 0 atom stereocenters. The van der Waals surface area contributed by atoms with Crippen molar-refractivity contribution in [1.82, 2.24) is 15.0 Å². The van der Waals surface area contributed by atoms with E-state index in [0.29, 0.717) is 5.92 Å². The third kappa shape index (κ3) is 4.45. The molecule has 1 saturated heterocycles. The van der Waals surface area contributed by atoms with Gasteiger partial charge in [-0.25, -0.2) is 9.97 Å². The first-order valence-electron chi connectivity index (χ1n) is 10.3. The molecule has 1 fully saturated rings. The van der Waals surface area contributed by atoms with Crippen molar-refractivity contribution < 1.29 is 9.90 Å². The number of nitrogens with one attached hydrogen (secondary N) is 1. The highest BCUT2D eigenvalue weighted by atomic mass is 16.4. The van der Waals surface area contributed by atoms with E-state index in [9.17, 15) is 4.79 Å². The largest absolute Gasteiger partial charge is 0.481 e. The summed E-state index contributed by atoms with van der Waals surface area (Å²) in [5.74, 6) is 1.42. The zero-order valence-electron chi connectivity index (χ0n) is 17.4. The van der Waals surface area contributed by atoms with Crippen molar-refractivity contribution in [1.29, 1.82) is 0 Å². The number of carbonyl (C=O) groups is 1. The molecule has 4 rings (SSSR count). The van der Waals surface area contributed by atoms with Crippen LogP contribution in [0.15, 0.2) is 48.8 Å². The molecule has 2 N–H and O–H groups in total. The molecule has 2 aromatic heterocycles. The quantitative estimate of drug-likeness (QED) is 0.652. The smallest absolute Gasteiger partial charge is 0.307 e. The van der Waals surface area contributed by atoms with Gasteiger partial charge >= 0.3 is 5.97 Å². The lowest BCUT2D eigenvalue weighted by Gasteiger charge is -2.36. The summed E-state index contributed by atoms with van der Waals surface area (Å²) >= 11 is 0. The first-order chi connectivity index (χ1) is 14.5. The lowest BCUT2D eigenvalue weighted by molar-refractivity contribution is -0.136. The van der Waals surface area contributed by atoms with Gasteiger partial charge in [-0.1, -0.05) is 26.0 Å². The first-order valence-corrected chi connectivity index (χ1v) is 10.3. The average molecular weight is 406 g/mol. The second kappa shape index (κ2) is 8.57. The highest BCUT2D eigenvalue weighted by molar-refractivity contribution is 5.70. The Kier molecular flexibility index (Phi) is 5.70. The first kappa shape index (κ1) is 19.9. The Morgan fingerprint density at radius 2 is 1.77 bits per heavy atom. The van der Waals surface area contributed by atoms with Gasteiger partial charge in [0.2, 0.25) is 0 Å². The number of benzene rings is 1. The number of pyridine rings is 1. The van der Waals surface area contributed by atoms with Crippen molar-refractivity contribution in [2.24, 2.45) is 0 Å². The number of H-pyrrole nitrogens is 1. The van der Waals surface area contributed by atoms with E-state index in [0.717, 1.165) is 60.3 Å². The molecular weight excluding hydrogens is 378 g/mol. The van der Waals surface area contributed by atoms with Gasteiger partial charge in [-0.05, 0) is 35.7 Å². The fourth-order valence-corrected chi connectivity index (χ4v) is 3.69. The van der Waals surface area contributed by atoms with Crippen LogP contribution < -0.4 is 9.80 Å². The number of aromatic nitrogens is 3. The molecule has 156 valence electrons. The van der Waals surface area contributed by atoms with E-state index in [1.165, 1.54) is 0 Å². The predicted molar refractivity (Wildman–Crippen MR) is 118 cm³/mol. The Balaban J connectivity index is 1.36. The maximum atomic E-state index is 10.8. The van der Waals surface area contributed by atoms with E-state index in [4.69, 9.17) is 5.11 Å². The van der Waals surface area contributed by atoms with E-state index in [-0.39, 0.29) is 6.42 Å². The number of aromatic amines is 1. The summed E-state index contributed by atoms with van der Waals surface area (Å²) < 4.78 is 0. The van der Waals surface area contributed by atoms with Crippen LogP contribution in [-0.2, 0) is 11.2 Å². The standard InChI is InChI=1S/C23H27N5O2/c1-16(2)20-15-25-23(26-20)18-5-8-21(24-14-18)28-11-9-27(10-12-28)19-6-3-17(4-7-19)13-22(29)30/h3-8,14-16H,9-13H2,1-2H3,(H,25,26)(H,29,30). The third-order valence-corrected chi connectivity index (χ3v) is 5.47. The van der Waals surface area contributed by atoms with Crippen molar-refractivity contribution in [3.63, 3.8) is 0 Å². The highest BCUT2D eigenvalue weighted by Crippen LogP contribution is 2.23. The third-order valence-electron chi connectivity index (χ3n) is 5.47. The molecule has 7 heteroatoms. The monoisotopic (exact) mass is 405 g/mol. The molecule has 7 nitrogen and oxygen atoms in total. The van der Waals surface area contributed by atoms with Crippen molar-refractivity contribution in [2.45, 2.75) is 26.2 Å². The SMILES string of the molecule is CC(C)c1c[nH]c(-c2ccc(N3CCN(c4ccc(CC(=O)O)cc4)CC3)nc2)n1. The zero-order chi connectivity index (χ0) is 21.1. The molecule has 3 heterocycles. The van der Waals surface area contributed by atoms with Crippen LogP contribution in [0.25, 0.3) is 11.4 Å². The van der Waals surface area contributed by atoms with Crippen LogP contribution in [0.1, 0.15) is 31.0 Å². The Hall–Kier alpha value is -3.35. The minimum absolute atomic E-state index is 0.0620. The van der Waals surface area contributed by atoms with Crippen LogP contribution >= 0.6 is 0 Å². The minimum Gasteiger partial charge on any atom is -0.481 e. The second-order valence-corrected chi connectivity index (χ2v) is 7.94. The fourth-order valence-electron chi connectivity index (χ4n) is 3.69. The number of anilines is 2. The van der Waals surface area contributed by atoms with Gasteiger partial charge in [-0.15, -0.1) is 0 Å². The molecule has 0 bridgehead atoms. The molecule has 1 aromatic carbocycles. The van der Waals surface area contributed by atoms with Crippen LogP contribution in [0.5, 0.6) is 0 Å². The Morgan fingerprint density at radius 3 is 2.33 bits per heavy atom. The lowest BCUT2D eigenvalue weighted by atomic mass is 10.1. The number of piperazine rings is 1. The number of imidazole rings is 1. The summed E-state index contributed by atoms with van der Waals surface area (Å²) in [6, 6.07) is 11.9. The number of carboxylic acids is 1. The van der Waals surface area contributed by atoms with Gasteiger partial charge in [0.1, 0.15) is 11.6 Å². The molecule has 1 aliphatic rings. The molecule has 0 aliphatic carbocycles. The van der Waals surface area contributed by atoms with Crippen LogP contribution in [0, 0.1) is 0 Å². The van der Waals surface area contributed by atoms with E-state index in [1.807, 2.05) is 36.7 Å². The molecule has 0 spiro atoms. The summed E-state index contributed by atoms with van der Waals surface area (Å²) in [5, 5.41) is 8.90. The molecule has 0 amide bonds. The zero-order valence-corrected chi connectivity index (χ0v) is 17.4. The summed E-state index contributed by atoms with van der Waals surface area (Å²) in [6.45, 7) is 7.84. The topological polar surface area (TPSA) is 85.4 Å². The number of aliphatic carboxylic acids is 1. The summed E-state index contributed by atoms with van der Waals surface area (Å²) in [4.78, 5) is 28.0. The summed E-state index contributed by atoms with van der Waals surface area (Å²) in [6.07, 6.45) is 3.90. The van der Waals surface area contributed by atoms with Gasteiger partial charge in [-0.3, -0.25) is 4.79 Å². The molecule has 0 unspecified atom stereocenters. The molecule has 1 aliphatic heterocycles.